The molecule has 2 heteroatoms. The van der Waals surface area contributed by atoms with Crippen molar-refractivity contribution in [3.8, 4) is 5.00 Å². The van der Waals surface area contributed by atoms with Crippen LogP contribution in [0.5, 0.6) is 0 Å². The normalized spacial score (nSPS) is 13.1. The van der Waals surface area contributed by atoms with E-state index in [2.05, 4.69) is 34.3 Å². The maximum atomic E-state index is 2.28. The molecule has 2 aromatic heterocycles. The van der Waals surface area contributed by atoms with E-state index in [1.165, 1.54) is 16.3 Å². The van der Waals surface area contributed by atoms with E-state index in [4.69, 9.17) is 0 Å². The van der Waals surface area contributed by atoms with Gasteiger partial charge in [-0.05, 0) is 29.1 Å². The zero-order chi connectivity index (χ0) is 7.26. The molecule has 0 saturated carbocycles. The molecule has 3 heterocycles. The maximum Gasteiger partial charge on any atom is 0.103 e. The molecule has 0 radical (unpaired) electrons. The highest BCUT2D eigenvalue weighted by Gasteiger charge is 2.17. The van der Waals surface area contributed by atoms with Gasteiger partial charge in [0.1, 0.15) is 5.00 Å². The lowest BCUT2D eigenvalue weighted by Gasteiger charge is -1.93. The summed E-state index contributed by atoms with van der Waals surface area (Å²) in [4.78, 5) is 0. The Balaban J connectivity index is 2.38. The summed E-state index contributed by atoms with van der Waals surface area (Å²) in [5.74, 6) is 0. The van der Waals surface area contributed by atoms with Gasteiger partial charge in [0.2, 0.25) is 0 Å². The summed E-state index contributed by atoms with van der Waals surface area (Å²) >= 11 is 1.82. The standard InChI is InChI=1S/C9H7NS/c1-2-8-6-7-3-5-11-9(7)10(8)4-1/h1-5H,6H2. The first-order chi connectivity index (χ1) is 5.45. The fraction of sp³-hybridized carbons (Fsp3) is 0.111. The third kappa shape index (κ3) is 0.601. The van der Waals surface area contributed by atoms with Crippen LogP contribution in [0.15, 0.2) is 29.8 Å². The number of nitrogens with zero attached hydrogens (tertiary/aromatic N) is 1. The minimum Gasteiger partial charge on any atom is -0.312 e. The van der Waals surface area contributed by atoms with Crippen LogP contribution in [-0.2, 0) is 6.42 Å². The van der Waals surface area contributed by atoms with E-state index in [-0.39, 0.29) is 0 Å². The molecule has 54 valence electrons. The molecule has 11 heavy (non-hydrogen) atoms. The van der Waals surface area contributed by atoms with Crippen LogP contribution in [0.3, 0.4) is 0 Å². The van der Waals surface area contributed by atoms with Gasteiger partial charge >= 0.3 is 0 Å². The van der Waals surface area contributed by atoms with Gasteiger partial charge in [-0.2, -0.15) is 0 Å². The van der Waals surface area contributed by atoms with Crippen molar-refractivity contribution in [3.05, 3.63) is 41.0 Å². The van der Waals surface area contributed by atoms with Gasteiger partial charge in [0.15, 0.2) is 0 Å². The van der Waals surface area contributed by atoms with Crippen LogP contribution in [0.25, 0.3) is 5.00 Å². The van der Waals surface area contributed by atoms with Crippen molar-refractivity contribution in [2.75, 3.05) is 0 Å². The summed E-state index contributed by atoms with van der Waals surface area (Å²) in [6, 6.07) is 6.51. The molecule has 0 fully saturated rings. The highest BCUT2D eigenvalue weighted by Crippen LogP contribution is 2.31. The van der Waals surface area contributed by atoms with Crippen molar-refractivity contribution in [2.24, 2.45) is 0 Å². The van der Waals surface area contributed by atoms with Crippen molar-refractivity contribution in [1.29, 1.82) is 0 Å². The Kier molecular flexibility index (Phi) is 0.902. The molecule has 0 N–H and O–H groups in total. The van der Waals surface area contributed by atoms with E-state index in [1.54, 1.807) is 0 Å². The number of fused-ring (bicyclic) bond motifs is 3. The number of hydrogen-bond donors (Lipinski definition) is 0. The second-order valence-corrected chi connectivity index (χ2v) is 3.69. The third-order valence-electron chi connectivity index (χ3n) is 2.15. The van der Waals surface area contributed by atoms with Gasteiger partial charge in [0.25, 0.3) is 0 Å². The number of rotatable bonds is 0. The fourth-order valence-electron chi connectivity index (χ4n) is 1.63. The molecular weight excluding hydrogens is 154 g/mol. The monoisotopic (exact) mass is 161 g/mol. The molecule has 0 atom stereocenters. The van der Waals surface area contributed by atoms with Crippen LogP contribution >= 0.6 is 11.3 Å². The fourth-order valence-corrected chi connectivity index (χ4v) is 2.57. The predicted octanol–water partition coefficient (Wildman–Crippen LogP) is 2.44. The molecule has 1 aliphatic heterocycles. The quantitative estimate of drug-likeness (QED) is 0.477. The molecule has 0 bridgehead atoms. The van der Waals surface area contributed by atoms with E-state index >= 15 is 0 Å². The average molecular weight is 161 g/mol. The van der Waals surface area contributed by atoms with Crippen molar-refractivity contribution >= 4 is 11.3 Å². The molecule has 1 nitrogen and oxygen atoms in total. The van der Waals surface area contributed by atoms with E-state index < -0.39 is 0 Å². The van der Waals surface area contributed by atoms with Gasteiger partial charge in [0.05, 0.1) is 0 Å². The van der Waals surface area contributed by atoms with Crippen molar-refractivity contribution in [1.82, 2.24) is 4.57 Å². The van der Waals surface area contributed by atoms with Crippen LogP contribution < -0.4 is 0 Å². The molecule has 2 aromatic rings. The van der Waals surface area contributed by atoms with Crippen LogP contribution in [-0.4, -0.2) is 4.57 Å². The summed E-state index contributed by atoms with van der Waals surface area (Å²) in [6.45, 7) is 0. The highest BCUT2D eigenvalue weighted by molar-refractivity contribution is 7.12. The van der Waals surface area contributed by atoms with Gasteiger partial charge in [-0.15, -0.1) is 11.3 Å². The number of aromatic nitrogens is 1. The van der Waals surface area contributed by atoms with Crippen LogP contribution in [0.2, 0.25) is 0 Å². The second-order valence-electron chi connectivity index (χ2n) is 2.80. The van der Waals surface area contributed by atoms with Gasteiger partial charge in [-0.25, -0.2) is 0 Å². The third-order valence-corrected chi connectivity index (χ3v) is 3.10. The number of thiophene rings is 1. The second kappa shape index (κ2) is 1.77. The molecule has 3 rings (SSSR count). The Morgan fingerprint density at radius 3 is 3.36 bits per heavy atom. The number of hydrogen-bond acceptors (Lipinski definition) is 1. The Morgan fingerprint density at radius 2 is 2.36 bits per heavy atom. The van der Waals surface area contributed by atoms with Gasteiger partial charge in [0, 0.05) is 18.3 Å². The average Bonchev–Trinajstić information content (AvgIpc) is 2.52. The summed E-state index contributed by atoms with van der Waals surface area (Å²) in [5.41, 5.74) is 2.90. The molecular formula is C9H7NS. The Morgan fingerprint density at radius 1 is 1.36 bits per heavy atom. The zero-order valence-corrected chi connectivity index (χ0v) is 6.77. The first-order valence-corrected chi connectivity index (χ1v) is 4.56. The van der Waals surface area contributed by atoms with Gasteiger partial charge in [-0.3, -0.25) is 0 Å². The summed E-state index contributed by atoms with van der Waals surface area (Å²) in [5, 5.41) is 3.57. The Labute approximate surface area is 68.9 Å². The minimum absolute atomic E-state index is 1.12. The van der Waals surface area contributed by atoms with E-state index in [1.807, 2.05) is 11.3 Å². The maximum absolute atomic E-state index is 2.28. The summed E-state index contributed by atoms with van der Waals surface area (Å²) in [6.07, 6.45) is 3.25. The van der Waals surface area contributed by atoms with E-state index in [0.29, 0.717) is 0 Å². The molecule has 0 spiro atoms. The molecule has 1 aliphatic rings. The molecule has 0 amide bonds. The summed E-state index contributed by atoms with van der Waals surface area (Å²) < 4.78 is 2.28. The first kappa shape index (κ1) is 5.61. The Bertz CT molecular complexity index is 359. The van der Waals surface area contributed by atoms with Crippen molar-refractivity contribution in [3.63, 3.8) is 0 Å². The first-order valence-electron chi connectivity index (χ1n) is 3.68. The smallest absolute Gasteiger partial charge is 0.103 e. The molecule has 0 unspecified atom stereocenters. The van der Waals surface area contributed by atoms with Crippen LogP contribution in [0.4, 0.5) is 0 Å². The predicted molar refractivity (Wildman–Crippen MR) is 46.5 cm³/mol. The van der Waals surface area contributed by atoms with Crippen molar-refractivity contribution in [2.45, 2.75) is 6.42 Å². The molecule has 0 aliphatic carbocycles. The Hall–Kier alpha value is -1.02. The highest BCUT2D eigenvalue weighted by atomic mass is 32.1. The minimum atomic E-state index is 1.12. The molecule has 0 aromatic carbocycles. The topological polar surface area (TPSA) is 4.93 Å². The molecule has 0 saturated heterocycles. The zero-order valence-electron chi connectivity index (χ0n) is 5.95. The lowest BCUT2D eigenvalue weighted by atomic mass is 10.2. The lowest BCUT2D eigenvalue weighted by molar-refractivity contribution is 1.06. The van der Waals surface area contributed by atoms with Crippen LogP contribution in [0, 0.1) is 0 Å². The van der Waals surface area contributed by atoms with Gasteiger partial charge < -0.3 is 4.57 Å². The summed E-state index contributed by atoms with van der Waals surface area (Å²) in [7, 11) is 0. The van der Waals surface area contributed by atoms with E-state index in [9.17, 15) is 0 Å². The van der Waals surface area contributed by atoms with Crippen molar-refractivity contribution < 1.29 is 0 Å². The van der Waals surface area contributed by atoms with E-state index in [0.717, 1.165) is 6.42 Å². The largest absolute Gasteiger partial charge is 0.312 e. The van der Waals surface area contributed by atoms with Crippen LogP contribution in [0.1, 0.15) is 11.3 Å². The SMILES string of the molecule is c1cc2n(c1)-c1sccc1C2. The lowest BCUT2D eigenvalue weighted by Crippen LogP contribution is -1.84. The van der Waals surface area contributed by atoms with Gasteiger partial charge in [-0.1, -0.05) is 0 Å².